The third-order valence-electron chi connectivity index (χ3n) is 4.82. The van der Waals surface area contributed by atoms with E-state index in [1.165, 1.54) is 0 Å². The average molecular weight is 358 g/mol. The SMILES string of the molecule is Cc1ccn(C2CC2)c(=O)c1C(=O)NCCc1noc(C2CCCO2)n1. The molecule has 8 nitrogen and oxygen atoms in total. The minimum absolute atomic E-state index is 0.112. The molecule has 1 saturated heterocycles. The van der Waals surface area contributed by atoms with Crippen molar-refractivity contribution in [1.29, 1.82) is 0 Å². The van der Waals surface area contributed by atoms with Crippen molar-refractivity contribution in [2.45, 2.75) is 51.2 Å². The van der Waals surface area contributed by atoms with Gasteiger partial charge in [-0.3, -0.25) is 9.59 Å². The minimum Gasteiger partial charge on any atom is -0.368 e. The van der Waals surface area contributed by atoms with Gasteiger partial charge in [0.2, 0.25) is 0 Å². The quantitative estimate of drug-likeness (QED) is 0.844. The molecule has 0 spiro atoms. The second-order valence-corrected chi connectivity index (χ2v) is 6.87. The largest absolute Gasteiger partial charge is 0.368 e. The molecule has 1 atom stereocenters. The lowest BCUT2D eigenvalue weighted by atomic mass is 10.1. The molecule has 4 rings (SSSR count). The smallest absolute Gasteiger partial charge is 0.263 e. The fourth-order valence-electron chi connectivity index (χ4n) is 3.21. The Kier molecular flexibility index (Phi) is 4.58. The first kappa shape index (κ1) is 17.0. The van der Waals surface area contributed by atoms with Gasteiger partial charge < -0.3 is 19.1 Å². The molecule has 8 heteroatoms. The molecule has 2 aliphatic rings. The first-order valence-corrected chi connectivity index (χ1v) is 9.07. The first-order valence-electron chi connectivity index (χ1n) is 9.07. The van der Waals surface area contributed by atoms with Crippen LogP contribution in [-0.4, -0.2) is 33.8 Å². The van der Waals surface area contributed by atoms with Gasteiger partial charge in [0.15, 0.2) is 5.82 Å². The van der Waals surface area contributed by atoms with Gasteiger partial charge in [-0.15, -0.1) is 0 Å². The summed E-state index contributed by atoms with van der Waals surface area (Å²) in [5.74, 6) is 0.663. The molecule has 26 heavy (non-hydrogen) atoms. The van der Waals surface area contributed by atoms with Crippen LogP contribution in [0.1, 0.15) is 65.5 Å². The third kappa shape index (κ3) is 3.41. The topological polar surface area (TPSA) is 99.2 Å². The standard InChI is InChI=1S/C18H22N4O4/c1-11-7-9-22(12-4-5-12)18(24)15(11)16(23)19-8-6-14-20-17(26-21-14)13-3-2-10-25-13/h7,9,12-13H,2-6,8,10H2,1H3,(H,19,23). The Labute approximate surface area is 150 Å². The monoisotopic (exact) mass is 358 g/mol. The van der Waals surface area contributed by atoms with Crippen molar-refractivity contribution in [1.82, 2.24) is 20.0 Å². The van der Waals surface area contributed by atoms with Crippen LogP contribution >= 0.6 is 0 Å². The van der Waals surface area contributed by atoms with Gasteiger partial charge >= 0.3 is 0 Å². The lowest BCUT2D eigenvalue weighted by Gasteiger charge is -2.10. The number of carbonyl (C=O) groups is 1. The number of amides is 1. The molecule has 2 aromatic rings. The summed E-state index contributed by atoms with van der Waals surface area (Å²) in [4.78, 5) is 29.3. The van der Waals surface area contributed by atoms with Gasteiger partial charge in [0.05, 0.1) is 0 Å². The Hall–Kier alpha value is -2.48. The highest BCUT2D eigenvalue weighted by atomic mass is 16.5. The van der Waals surface area contributed by atoms with Gasteiger partial charge in [-0.2, -0.15) is 4.98 Å². The van der Waals surface area contributed by atoms with Crippen molar-refractivity contribution in [2.24, 2.45) is 0 Å². The highest BCUT2D eigenvalue weighted by Gasteiger charge is 2.27. The van der Waals surface area contributed by atoms with E-state index in [0.29, 0.717) is 36.9 Å². The first-order chi connectivity index (χ1) is 12.6. The second-order valence-electron chi connectivity index (χ2n) is 6.87. The summed E-state index contributed by atoms with van der Waals surface area (Å²) in [5.41, 5.74) is 0.683. The van der Waals surface area contributed by atoms with Crippen LogP contribution in [0.15, 0.2) is 21.6 Å². The fourth-order valence-corrected chi connectivity index (χ4v) is 3.21. The maximum atomic E-state index is 12.5. The molecule has 3 heterocycles. The maximum absolute atomic E-state index is 12.5. The molecule has 0 radical (unpaired) electrons. The molecule has 1 aliphatic heterocycles. The van der Waals surface area contributed by atoms with Gasteiger partial charge in [-0.05, 0) is 44.2 Å². The van der Waals surface area contributed by atoms with Gasteiger partial charge in [0.25, 0.3) is 17.4 Å². The lowest BCUT2D eigenvalue weighted by molar-refractivity contribution is 0.0835. The lowest BCUT2D eigenvalue weighted by Crippen LogP contribution is -2.34. The minimum atomic E-state index is -0.356. The maximum Gasteiger partial charge on any atom is 0.263 e. The fraction of sp³-hybridized carbons (Fsp3) is 0.556. The summed E-state index contributed by atoms with van der Waals surface area (Å²) in [6.45, 7) is 2.83. The van der Waals surface area contributed by atoms with Crippen LogP contribution in [-0.2, 0) is 11.2 Å². The van der Waals surface area contributed by atoms with Crippen molar-refractivity contribution >= 4 is 5.91 Å². The van der Waals surface area contributed by atoms with E-state index in [2.05, 4.69) is 15.5 Å². The summed E-state index contributed by atoms with van der Waals surface area (Å²) in [5, 5.41) is 6.72. The number of nitrogens with one attached hydrogen (secondary N) is 1. The second kappa shape index (κ2) is 7.03. The normalized spacial score (nSPS) is 19.7. The highest BCUT2D eigenvalue weighted by molar-refractivity contribution is 5.95. The highest BCUT2D eigenvalue weighted by Crippen LogP contribution is 2.33. The summed E-state index contributed by atoms with van der Waals surface area (Å²) in [6, 6.07) is 2.06. The predicted molar refractivity (Wildman–Crippen MR) is 92.0 cm³/mol. The van der Waals surface area contributed by atoms with Crippen molar-refractivity contribution in [3.8, 4) is 0 Å². The van der Waals surface area contributed by atoms with Crippen molar-refractivity contribution in [2.75, 3.05) is 13.2 Å². The molecule has 2 fully saturated rings. The van der Waals surface area contributed by atoms with Crippen LogP contribution in [0.5, 0.6) is 0 Å². The number of nitrogens with zero attached hydrogens (tertiary/aromatic N) is 3. The number of ether oxygens (including phenoxy) is 1. The van der Waals surface area contributed by atoms with E-state index in [1.807, 2.05) is 6.07 Å². The van der Waals surface area contributed by atoms with Gasteiger partial charge in [0.1, 0.15) is 11.7 Å². The molecule has 138 valence electrons. The van der Waals surface area contributed by atoms with Gasteiger partial charge in [-0.1, -0.05) is 5.16 Å². The van der Waals surface area contributed by atoms with Gasteiger partial charge in [-0.25, -0.2) is 0 Å². The van der Waals surface area contributed by atoms with E-state index >= 15 is 0 Å². The van der Waals surface area contributed by atoms with Crippen LogP contribution in [0.2, 0.25) is 0 Å². The van der Waals surface area contributed by atoms with E-state index in [0.717, 1.165) is 25.7 Å². The number of aryl methyl sites for hydroxylation is 1. The summed E-state index contributed by atoms with van der Waals surface area (Å²) in [7, 11) is 0. The predicted octanol–water partition coefficient (Wildman–Crippen LogP) is 1.70. The number of hydrogen-bond donors (Lipinski definition) is 1. The molecular weight excluding hydrogens is 336 g/mol. The van der Waals surface area contributed by atoms with E-state index in [9.17, 15) is 9.59 Å². The number of rotatable bonds is 6. The zero-order valence-electron chi connectivity index (χ0n) is 14.7. The molecule has 2 aromatic heterocycles. The molecule has 1 saturated carbocycles. The van der Waals surface area contributed by atoms with Crippen LogP contribution < -0.4 is 10.9 Å². The van der Waals surface area contributed by atoms with E-state index in [-0.39, 0.29) is 29.2 Å². The van der Waals surface area contributed by atoms with Crippen molar-refractivity contribution in [3.63, 3.8) is 0 Å². The number of hydrogen-bond acceptors (Lipinski definition) is 6. The molecule has 1 aliphatic carbocycles. The molecule has 1 amide bonds. The van der Waals surface area contributed by atoms with Crippen LogP contribution in [0.3, 0.4) is 0 Å². The van der Waals surface area contributed by atoms with Crippen LogP contribution in [0, 0.1) is 6.92 Å². The van der Waals surface area contributed by atoms with Crippen LogP contribution in [0.25, 0.3) is 0 Å². The third-order valence-corrected chi connectivity index (χ3v) is 4.82. The Morgan fingerprint density at radius 2 is 2.23 bits per heavy atom. The van der Waals surface area contributed by atoms with Crippen molar-refractivity contribution in [3.05, 3.63) is 45.5 Å². The Balaban J connectivity index is 1.37. The zero-order valence-corrected chi connectivity index (χ0v) is 14.7. The summed E-state index contributed by atoms with van der Waals surface area (Å²) in [6.07, 6.45) is 5.97. The molecule has 1 N–H and O–H groups in total. The molecular formula is C18H22N4O4. The summed E-state index contributed by atoms with van der Waals surface area (Å²) >= 11 is 0. The van der Waals surface area contributed by atoms with Crippen LogP contribution in [0.4, 0.5) is 0 Å². The molecule has 1 unspecified atom stereocenters. The van der Waals surface area contributed by atoms with E-state index < -0.39 is 0 Å². The number of aromatic nitrogens is 3. The Morgan fingerprint density at radius 3 is 2.96 bits per heavy atom. The van der Waals surface area contributed by atoms with Crippen molar-refractivity contribution < 1.29 is 14.1 Å². The summed E-state index contributed by atoms with van der Waals surface area (Å²) < 4.78 is 12.4. The molecule has 0 aromatic carbocycles. The number of pyridine rings is 1. The van der Waals surface area contributed by atoms with E-state index in [4.69, 9.17) is 9.26 Å². The molecule has 0 bridgehead atoms. The Bertz CT molecular complexity index is 862. The number of carbonyl (C=O) groups excluding carboxylic acids is 1. The zero-order chi connectivity index (χ0) is 18.1. The van der Waals surface area contributed by atoms with E-state index in [1.54, 1.807) is 17.7 Å². The van der Waals surface area contributed by atoms with Gasteiger partial charge in [0, 0.05) is 31.8 Å². The Morgan fingerprint density at radius 1 is 1.38 bits per heavy atom. The average Bonchev–Trinajstić information content (AvgIpc) is 3.10.